The summed E-state index contributed by atoms with van der Waals surface area (Å²) in [5.41, 5.74) is -2.30. The van der Waals surface area contributed by atoms with Crippen molar-refractivity contribution in [3.05, 3.63) is 0 Å². The Morgan fingerprint density at radius 1 is 0.304 bits per heavy atom. The summed E-state index contributed by atoms with van der Waals surface area (Å²) in [7, 11) is 0. The molecule has 21 heteroatoms. The van der Waals surface area contributed by atoms with Crippen LogP contribution in [0.4, 0.5) is 92.2 Å². The molecule has 0 bridgehead atoms. The van der Waals surface area contributed by atoms with E-state index in [-0.39, 0.29) is 41.4 Å². The third-order valence-electron chi connectivity index (χ3n) is 20.3. The van der Waals surface area contributed by atoms with Gasteiger partial charge in [0.15, 0.2) is 0 Å². The quantitative estimate of drug-likeness (QED) is 0.152. The lowest BCUT2D eigenvalue weighted by molar-refractivity contribution is -0.243. The molecule has 8 atom stereocenters. The molecule has 0 aliphatic heterocycles. The second-order valence-corrected chi connectivity index (χ2v) is 32.9. The summed E-state index contributed by atoms with van der Waals surface area (Å²) in [5, 5.41) is 0. The number of hydrogen-bond donors (Lipinski definition) is 0. The Hall–Kier alpha value is -1.47. The number of hydrogen-bond acceptors (Lipinski definition) is 0. The summed E-state index contributed by atoms with van der Waals surface area (Å²) in [6.07, 6.45) is -27.2. The van der Waals surface area contributed by atoms with Crippen LogP contribution in [0.1, 0.15) is 302 Å². The zero-order valence-corrected chi connectivity index (χ0v) is 64.7. The molecule has 0 aromatic heterocycles. The molecule has 0 fully saturated rings. The molecule has 0 aromatic carbocycles. The van der Waals surface area contributed by atoms with Gasteiger partial charge in [0.1, 0.15) is 0 Å². The summed E-state index contributed by atoms with van der Waals surface area (Å²) >= 11 is 0. The maximum absolute atomic E-state index is 12.3. The van der Waals surface area contributed by atoms with Gasteiger partial charge in [0, 0.05) is 12.8 Å². The molecule has 4 unspecified atom stereocenters. The predicted octanol–water partition coefficient (Wildman–Crippen LogP) is 30.8. The molecule has 570 valence electrons. The summed E-state index contributed by atoms with van der Waals surface area (Å²) in [6, 6.07) is 0. The molecule has 0 amide bonds. The van der Waals surface area contributed by atoms with Crippen LogP contribution in [0.2, 0.25) is 0 Å². The second kappa shape index (κ2) is 43.1. The van der Waals surface area contributed by atoms with Gasteiger partial charge in [0.2, 0.25) is 0 Å². The highest BCUT2D eigenvalue weighted by atomic mass is 19.4. The SMILES string of the molecule is CC(C)(C)C(C)(C)C.CC(C)(C)C(C)(C)C(F)(F)F.CC(C)C(C)(C)C(C)C(F)(F)F.CC(C)[C@@H](C)C(C)(C)C.CC(C)[C@@H](C)C(C)C(F)(F)F.CC(C)[C@@H](C)C(C)C(F)(F)F.CCC(C)(C)CC(F)(F)F.CCC(C)[C@@H](C)C(F)(F)F.CCC(CC)CC(F)(F)F. The monoisotopic (exact) mass is 1390 g/mol. The Bertz CT molecular complexity index is 1690. The van der Waals surface area contributed by atoms with Crippen molar-refractivity contribution in [2.45, 2.75) is 345 Å². The van der Waals surface area contributed by atoms with Crippen molar-refractivity contribution in [3.8, 4) is 0 Å². The lowest BCUT2D eigenvalue weighted by atomic mass is 9.69. The summed E-state index contributed by atoms with van der Waals surface area (Å²) in [4.78, 5) is 0. The van der Waals surface area contributed by atoms with Crippen molar-refractivity contribution in [1.29, 1.82) is 0 Å². The average Bonchev–Trinajstić information content (AvgIpc) is 0.820. The molecular formula is C71H139F21. The summed E-state index contributed by atoms with van der Waals surface area (Å²) in [5.74, 6) is -3.99. The Balaban J connectivity index is -0.000000121. The van der Waals surface area contributed by atoms with E-state index in [1.807, 2.05) is 41.5 Å². The van der Waals surface area contributed by atoms with E-state index in [1.165, 1.54) is 41.5 Å². The van der Waals surface area contributed by atoms with Gasteiger partial charge in [0.05, 0.1) is 29.1 Å². The van der Waals surface area contributed by atoms with E-state index in [1.54, 1.807) is 96.9 Å². The van der Waals surface area contributed by atoms with Crippen LogP contribution in [0, 0.1) is 115 Å². The Morgan fingerprint density at radius 2 is 0.587 bits per heavy atom. The molecule has 0 rings (SSSR count). The largest absolute Gasteiger partial charge is 0.394 e. The minimum atomic E-state index is -4.12. The van der Waals surface area contributed by atoms with Crippen LogP contribution < -0.4 is 0 Å². The zero-order valence-electron chi connectivity index (χ0n) is 64.7. The van der Waals surface area contributed by atoms with E-state index >= 15 is 0 Å². The third kappa shape index (κ3) is 54.5. The van der Waals surface area contributed by atoms with Crippen molar-refractivity contribution in [3.63, 3.8) is 0 Å². The van der Waals surface area contributed by atoms with Gasteiger partial charge in [-0.25, -0.2) is 0 Å². The zero-order chi connectivity index (χ0) is 77.7. The van der Waals surface area contributed by atoms with Gasteiger partial charge in [-0.1, -0.05) is 289 Å². The van der Waals surface area contributed by atoms with E-state index in [0.717, 1.165) is 11.8 Å². The van der Waals surface area contributed by atoms with Gasteiger partial charge in [-0.15, -0.1) is 0 Å². The first kappa shape index (κ1) is 109. The second-order valence-electron chi connectivity index (χ2n) is 32.9. The van der Waals surface area contributed by atoms with Crippen LogP contribution in [0.5, 0.6) is 0 Å². The predicted molar refractivity (Wildman–Crippen MR) is 348 cm³/mol. The van der Waals surface area contributed by atoms with E-state index in [9.17, 15) is 92.2 Å². The molecule has 0 saturated carbocycles. The molecular weight excluding hydrogens is 1250 g/mol. The topological polar surface area (TPSA) is 0 Å². The van der Waals surface area contributed by atoms with E-state index in [4.69, 9.17) is 0 Å². The Kier molecular flexibility index (Phi) is 51.2. The number of alkyl halides is 21. The van der Waals surface area contributed by atoms with Gasteiger partial charge < -0.3 is 0 Å². The molecule has 0 spiro atoms. The standard InChI is InChI=1S/C9H17F3.C9H20.3C8H15F3.C8H18.3C7H13F3/c1-6(2)8(4,5)7(3)9(10,11)12;1-7(2)8(3)9(4,5)6;1-6(2,3)7(4,5)8(9,10)11;2*1-5(2)6(3)7(4)8(9,10)11;1-7(2,3)8(4,5)6;1-4-6(2,3)5-7(8,9)10;1-4-5(2)6(3)7(8,9)10;1-3-6(4-2)5-7(8,9)10/h6-7H,1-5H3;7-8H,1-6H3;1-5H3;2*5-7H,1-4H3;1-6H3;4-5H2,1-3H3;5-6H,4H2,1-3H3;6H,3-5H2,1-2H3/t;8-;;2*6-,7?;;;5?,6-;/m.1.11..1./s1. The molecule has 0 N–H and O–H groups in total. The van der Waals surface area contributed by atoms with Crippen LogP contribution in [0.25, 0.3) is 0 Å². The third-order valence-corrected chi connectivity index (χ3v) is 20.3. The van der Waals surface area contributed by atoms with Gasteiger partial charge in [-0.3, -0.25) is 0 Å². The van der Waals surface area contributed by atoms with E-state index in [0.29, 0.717) is 41.9 Å². The Morgan fingerprint density at radius 3 is 0.641 bits per heavy atom. The van der Waals surface area contributed by atoms with Crippen LogP contribution in [0.15, 0.2) is 0 Å². The lowest BCUT2D eigenvalue weighted by Gasteiger charge is -2.40. The van der Waals surface area contributed by atoms with Crippen molar-refractivity contribution in [1.82, 2.24) is 0 Å². The van der Waals surface area contributed by atoms with Crippen LogP contribution in [-0.2, 0) is 0 Å². The molecule has 0 aromatic rings. The van der Waals surface area contributed by atoms with Crippen molar-refractivity contribution in [2.75, 3.05) is 0 Å². The molecule has 0 aliphatic rings. The smallest absolute Gasteiger partial charge is 0.171 e. The molecule has 0 heterocycles. The average molecular weight is 1390 g/mol. The van der Waals surface area contributed by atoms with E-state index in [2.05, 4.69) is 83.1 Å². The van der Waals surface area contributed by atoms with Crippen molar-refractivity contribution in [2.24, 2.45) is 115 Å². The minimum absolute atomic E-state index is 0.0362. The Labute approximate surface area is 550 Å². The highest BCUT2D eigenvalue weighted by Crippen LogP contribution is 2.50. The molecule has 92 heavy (non-hydrogen) atoms. The van der Waals surface area contributed by atoms with Gasteiger partial charge in [0.25, 0.3) is 0 Å². The van der Waals surface area contributed by atoms with Gasteiger partial charge >= 0.3 is 43.2 Å². The summed E-state index contributed by atoms with van der Waals surface area (Å²) in [6.45, 7) is 69.1. The first-order chi connectivity index (χ1) is 39.4. The molecule has 0 aliphatic carbocycles. The first-order valence-electron chi connectivity index (χ1n) is 32.9. The fourth-order valence-electron chi connectivity index (χ4n) is 6.35. The summed E-state index contributed by atoms with van der Waals surface area (Å²) < 4.78 is 252. The van der Waals surface area contributed by atoms with Crippen LogP contribution >= 0.6 is 0 Å². The van der Waals surface area contributed by atoms with Gasteiger partial charge in [-0.2, -0.15) is 92.2 Å². The van der Waals surface area contributed by atoms with Crippen LogP contribution in [-0.4, -0.2) is 43.2 Å². The highest BCUT2D eigenvalue weighted by molar-refractivity contribution is 4.88. The molecule has 0 radical (unpaired) electrons. The van der Waals surface area contributed by atoms with Crippen molar-refractivity contribution < 1.29 is 92.2 Å². The fourth-order valence-corrected chi connectivity index (χ4v) is 6.35. The minimum Gasteiger partial charge on any atom is -0.171 e. The maximum atomic E-state index is 12.3. The van der Waals surface area contributed by atoms with Crippen molar-refractivity contribution >= 4 is 0 Å². The maximum Gasteiger partial charge on any atom is 0.394 e. The normalized spacial score (nSPS) is 16.2. The number of rotatable bonds is 14. The first-order valence-corrected chi connectivity index (χ1v) is 32.9. The highest BCUT2D eigenvalue weighted by Gasteiger charge is 2.54. The fraction of sp³-hybridized carbons (Fsp3) is 1.00. The number of halogens is 21. The van der Waals surface area contributed by atoms with E-state index < -0.39 is 101 Å². The molecule has 0 saturated heterocycles. The lowest BCUT2D eigenvalue weighted by Crippen LogP contribution is -2.43. The molecule has 0 nitrogen and oxygen atoms in total. The van der Waals surface area contributed by atoms with Gasteiger partial charge in [-0.05, 0) is 85.8 Å². The van der Waals surface area contributed by atoms with Crippen LogP contribution in [0.3, 0.4) is 0 Å².